The highest BCUT2D eigenvalue weighted by Gasteiger charge is 2.38. The monoisotopic (exact) mass is 520 g/mol. The Labute approximate surface area is 222 Å². The molecule has 4 heterocycles. The molecule has 3 aromatic heterocycles. The number of pyridine rings is 2. The molecule has 0 bridgehead atoms. The zero-order chi connectivity index (χ0) is 26.3. The second kappa shape index (κ2) is 10.0. The third kappa shape index (κ3) is 4.69. The van der Waals surface area contributed by atoms with Crippen LogP contribution in [0.15, 0.2) is 36.5 Å². The molecule has 0 spiro atoms. The van der Waals surface area contributed by atoms with Crippen molar-refractivity contribution in [1.29, 1.82) is 0 Å². The number of hydrogen-bond donors (Lipinski definition) is 1. The summed E-state index contributed by atoms with van der Waals surface area (Å²) < 4.78 is 7.26. The maximum Gasteiger partial charge on any atom is 0.219 e. The molecule has 1 aromatic carbocycles. The lowest BCUT2D eigenvalue weighted by Gasteiger charge is -2.31. The van der Waals surface area contributed by atoms with Crippen LogP contribution in [0.2, 0.25) is 5.02 Å². The van der Waals surface area contributed by atoms with Crippen LogP contribution in [0.3, 0.4) is 0 Å². The van der Waals surface area contributed by atoms with Crippen molar-refractivity contribution in [1.82, 2.24) is 29.9 Å². The van der Waals surface area contributed by atoms with E-state index in [-0.39, 0.29) is 0 Å². The van der Waals surface area contributed by atoms with Gasteiger partial charge >= 0.3 is 0 Å². The van der Waals surface area contributed by atoms with Crippen molar-refractivity contribution >= 4 is 22.5 Å². The van der Waals surface area contributed by atoms with Crippen molar-refractivity contribution in [2.75, 3.05) is 20.2 Å². The largest absolute Gasteiger partial charge is 0.481 e. The summed E-state index contributed by atoms with van der Waals surface area (Å²) in [5.74, 6) is 1.28. The number of hydrogen-bond acceptors (Lipinski definition) is 7. The smallest absolute Gasteiger partial charge is 0.219 e. The van der Waals surface area contributed by atoms with E-state index in [4.69, 9.17) is 21.3 Å². The number of benzene rings is 1. The first-order valence-corrected chi connectivity index (χ1v) is 13.0. The van der Waals surface area contributed by atoms with E-state index in [0.29, 0.717) is 39.8 Å². The van der Waals surface area contributed by atoms with Gasteiger partial charge in [0.15, 0.2) is 5.60 Å². The van der Waals surface area contributed by atoms with Gasteiger partial charge in [-0.15, -0.1) is 5.10 Å². The van der Waals surface area contributed by atoms with E-state index in [0.717, 1.165) is 41.3 Å². The second-order valence-electron chi connectivity index (χ2n) is 10.2. The van der Waals surface area contributed by atoms with Crippen LogP contribution >= 0.6 is 11.6 Å². The molecule has 1 atom stereocenters. The molecule has 0 saturated carbocycles. The molecule has 1 aliphatic rings. The summed E-state index contributed by atoms with van der Waals surface area (Å²) in [4.78, 5) is 11.7. The molecule has 0 amide bonds. The third-order valence-corrected chi connectivity index (χ3v) is 7.86. The van der Waals surface area contributed by atoms with Crippen molar-refractivity contribution in [2.24, 2.45) is 13.0 Å². The van der Waals surface area contributed by atoms with Crippen molar-refractivity contribution in [2.45, 2.75) is 45.8 Å². The van der Waals surface area contributed by atoms with Crippen LogP contribution in [-0.2, 0) is 19.2 Å². The molecule has 1 N–H and O–H groups in total. The molecule has 0 radical (unpaired) electrons. The maximum atomic E-state index is 12.4. The van der Waals surface area contributed by atoms with E-state index in [1.807, 2.05) is 44.2 Å². The number of aryl methyl sites for hydroxylation is 3. The van der Waals surface area contributed by atoms with Crippen molar-refractivity contribution in [3.05, 3.63) is 75.3 Å². The number of fused-ring (bicyclic) bond motifs is 1. The fourth-order valence-electron chi connectivity index (χ4n) is 5.34. The normalized spacial score (nSPS) is 16.7. The molecule has 1 fully saturated rings. The summed E-state index contributed by atoms with van der Waals surface area (Å²) in [6.45, 7) is 8.84. The Morgan fingerprint density at radius 2 is 1.78 bits per heavy atom. The van der Waals surface area contributed by atoms with Crippen molar-refractivity contribution in [3.63, 3.8) is 0 Å². The van der Waals surface area contributed by atoms with Gasteiger partial charge in [0.05, 0.1) is 29.5 Å². The highest BCUT2D eigenvalue weighted by molar-refractivity contribution is 6.36. The first-order valence-electron chi connectivity index (χ1n) is 12.6. The molecule has 1 aliphatic heterocycles. The Bertz CT molecular complexity index is 1430. The number of halogens is 1. The molecular formula is C28H33ClN6O2. The number of nitrogens with zero attached hydrogens (tertiary/aromatic N) is 6. The van der Waals surface area contributed by atoms with E-state index in [9.17, 15) is 5.11 Å². The predicted octanol–water partition coefficient (Wildman–Crippen LogP) is 4.55. The van der Waals surface area contributed by atoms with Gasteiger partial charge < -0.3 is 9.84 Å². The summed E-state index contributed by atoms with van der Waals surface area (Å²) in [5.41, 5.74) is 3.52. The second-order valence-corrected chi connectivity index (χ2v) is 10.6. The lowest BCUT2D eigenvalue weighted by Crippen LogP contribution is -2.32. The zero-order valence-electron chi connectivity index (χ0n) is 22.0. The summed E-state index contributed by atoms with van der Waals surface area (Å²) in [6.07, 6.45) is 3.93. The van der Waals surface area contributed by atoms with Crippen molar-refractivity contribution < 1.29 is 9.84 Å². The highest BCUT2D eigenvalue weighted by atomic mass is 35.5. The molecule has 37 heavy (non-hydrogen) atoms. The number of likely N-dealkylation sites (tertiary alicyclic amines) is 1. The van der Waals surface area contributed by atoms with Crippen LogP contribution < -0.4 is 4.74 Å². The summed E-state index contributed by atoms with van der Waals surface area (Å²) in [5, 5.41) is 21.9. The minimum atomic E-state index is -1.53. The van der Waals surface area contributed by atoms with Gasteiger partial charge in [0.25, 0.3) is 0 Å². The molecule has 8 nitrogen and oxygen atoms in total. The van der Waals surface area contributed by atoms with Gasteiger partial charge in [0.2, 0.25) is 5.88 Å². The lowest BCUT2D eigenvalue weighted by atomic mass is 9.82. The van der Waals surface area contributed by atoms with E-state index >= 15 is 0 Å². The number of aromatic nitrogens is 5. The molecule has 0 aliphatic carbocycles. The first-order chi connectivity index (χ1) is 17.7. The van der Waals surface area contributed by atoms with Gasteiger partial charge in [-0.05, 0) is 81.1 Å². The molecular weight excluding hydrogens is 488 g/mol. The van der Waals surface area contributed by atoms with Crippen molar-refractivity contribution in [3.8, 4) is 5.88 Å². The maximum absolute atomic E-state index is 12.4. The van der Waals surface area contributed by atoms with Crippen LogP contribution in [0.1, 0.15) is 53.5 Å². The van der Waals surface area contributed by atoms with Gasteiger partial charge in [-0.3, -0.25) is 9.88 Å². The van der Waals surface area contributed by atoms with Gasteiger partial charge in [0.1, 0.15) is 0 Å². The summed E-state index contributed by atoms with van der Waals surface area (Å²) >= 11 is 7.08. The summed E-state index contributed by atoms with van der Waals surface area (Å²) in [7, 11) is 3.40. The highest BCUT2D eigenvalue weighted by Crippen LogP contribution is 2.40. The molecule has 194 valence electrons. The number of aliphatic hydroxyl groups is 1. The van der Waals surface area contributed by atoms with Gasteiger partial charge in [0, 0.05) is 35.9 Å². The van der Waals surface area contributed by atoms with E-state index in [1.54, 1.807) is 25.0 Å². The van der Waals surface area contributed by atoms with Crippen LogP contribution in [0, 0.1) is 19.8 Å². The Hall–Kier alpha value is -3.07. The lowest BCUT2D eigenvalue weighted by molar-refractivity contribution is 0.116. The molecule has 9 heteroatoms. The fourth-order valence-corrected chi connectivity index (χ4v) is 5.63. The van der Waals surface area contributed by atoms with Gasteiger partial charge in [-0.2, -0.15) is 0 Å². The predicted molar refractivity (Wildman–Crippen MR) is 144 cm³/mol. The van der Waals surface area contributed by atoms with Gasteiger partial charge in [-0.25, -0.2) is 9.67 Å². The van der Waals surface area contributed by atoms with E-state index < -0.39 is 5.60 Å². The number of methoxy groups -OCH3 is 1. The SMILES string of the molecule is COc1nc2ccc(C(O)(c3cc(C)nc(C)c3)c3cnnn3C)cc2c(Cl)c1CN1CCC(C)CC1. The molecule has 4 aromatic rings. The number of ether oxygens (including phenoxy) is 1. The fraction of sp³-hybridized carbons (Fsp3) is 0.429. The Balaban J connectivity index is 1.67. The average Bonchev–Trinajstić information content (AvgIpc) is 3.31. The number of piperidine rings is 1. The molecule has 1 unspecified atom stereocenters. The van der Waals surface area contributed by atoms with E-state index in [1.165, 1.54) is 12.8 Å². The Morgan fingerprint density at radius 3 is 2.41 bits per heavy atom. The van der Waals surface area contributed by atoms with Crippen LogP contribution in [-0.4, -0.2) is 55.2 Å². The molecule has 5 rings (SSSR count). The summed E-state index contributed by atoms with van der Waals surface area (Å²) in [6, 6.07) is 9.45. The van der Waals surface area contributed by atoms with Crippen LogP contribution in [0.25, 0.3) is 10.9 Å². The first kappa shape index (κ1) is 25.6. The number of rotatable bonds is 6. The van der Waals surface area contributed by atoms with Crippen LogP contribution in [0.5, 0.6) is 5.88 Å². The quantitative estimate of drug-likeness (QED) is 0.399. The Kier molecular flexibility index (Phi) is 6.91. The minimum absolute atomic E-state index is 0.537. The topological polar surface area (TPSA) is 89.2 Å². The standard InChI is InChI=1S/C28H33ClN6O2/c1-17-8-10-35(11-9-17)16-23-26(29)22-14-20(6-7-24(22)32-27(23)37-5)28(36,25-15-30-33-34(25)4)21-12-18(2)31-19(3)13-21/h6-7,12-15,17,36H,8-11,16H2,1-5H3. The minimum Gasteiger partial charge on any atom is -0.481 e. The molecule has 1 saturated heterocycles. The third-order valence-electron chi connectivity index (χ3n) is 7.43. The van der Waals surface area contributed by atoms with Gasteiger partial charge in [-0.1, -0.05) is 29.8 Å². The average molecular weight is 521 g/mol. The zero-order valence-corrected chi connectivity index (χ0v) is 22.7. The van der Waals surface area contributed by atoms with Crippen LogP contribution in [0.4, 0.5) is 0 Å². The van der Waals surface area contributed by atoms with E-state index in [2.05, 4.69) is 27.1 Å². The Morgan fingerprint density at radius 1 is 1.08 bits per heavy atom.